The molecule has 2 unspecified atom stereocenters. The lowest BCUT2D eigenvalue weighted by molar-refractivity contribution is 0.585. The SMILES string of the molecule is Nc1cnn(C2CC2Cc2cnc(Nc3cnn(C4CC4)c3)nc2-c2ccc(Cl)nc2)c1. The van der Waals surface area contributed by atoms with Crippen LogP contribution in [-0.2, 0) is 6.42 Å². The number of aromatic nitrogens is 7. The van der Waals surface area contributed by atoms with Gasteiger partial charge in [-0.1, -0.05) is 11.6 Å². The lowest BCUT2D eigenvalue weighted by atomic mass is 10.0. The Bertz CT molecular complexity index is 1260. The predicted molar refractivity (Wildman–Crippen MR) is 122 cm³/mol. The van der Waals surface area contributed by atoms with Crippen LogP contribution in [0.15, 0.2) is 49.3 Å². The van der Waals surface area contributed by atoms with Crippen molar-refractivity contribution in [2.75, 3.05) is 11.1 Å². The van der Waals surface area contributed by atoms with E-state index in [9.17, 15) is 0 Å². The summed E-state index contributed by atoms with van der Waals surface area (Å²) in [5.41, 5.74) is 10.2. The van der Waals surface area contributed by atoms with E-state index in [1.807, 2.05) is 40.2 Å². The van der Waals surface area contributed by atoms with Crippen LogP contribution >= 0.6 is 11.6 Å². The number of nitrogens with two attached hydrogens (primary N) is 1. The summed E-state index contributed by atoms with van der Waals surface area (Å²) in [7, 11) is 0. The molecule has 3 N–H and O–H groups in total. The highest BCUT2D eigenvalue weighted by Gasteiger charge is 2.40. The molecule has 0 radical (unpaired) electrons. The Morgan fingerprint density at radius 2 is 1.91 bits per heavy atom. The van der Waals surface area contributed by atoms with Gasteiger partial charge in [-0.2, -0.15) is 10.2 Å². The maximum absolute atomic E-state index is 6.01. The fourth-order valence-corrected chi connectivity index (χ4v) is 4.16. The second-order valence-corrected chi connectivity index (χ2v) is 8.91. The summed E-state index contributed by atoms with van der Waals surface area (Å²) in [6.07, 6.45) is 15.3. The van der Waals surface area contributed by atoms with Gasteiger partial charge >= 0.3 is 0 Å². The number of nitrogen functional groups attached to an aromatic ring is 1. The van der Waals surface area contributed by atoms with E-state index in [4.69, 9.17) is 22.3 Å². The van der Waals surface area contributed by atoms with Crippen molar-refractivity contribution in [1.29, 1.82) is 0 Å². The van der Waals surface area contributed by atoms with E-state index in [1.54, 1.807) is 18.5 Å². The zero-order chi connectivity index (χ0) is 21.7. The summed E-state index contributed by atoms with van der Waals surface area (Å²) in [5, 5.41) is 12.5. The summed E-state index contributed by atoms with van der Waals surface area (Å²) < 4.78 is 3.95. The molecule has 9 nitrogen and oxygen atoms in total. The first kappa shape index (κ1) is 19.2. The molecule has 0 amide bonds. The lowest BCUT2D eigenvalue weighted by Crippen LogP contribution is -2.04. The van der Waals surface area contributed by atoms with Crippen LogP contribution in [0.1, 0.15) is 36.9 Å². The smallest absolute Gasteiger partial charge is 0.227 e. The Hall–Kier alpha value is -3.46. The molecule has 0 bridgehead atoms. The average molecular weight is 448 g/mol. The first-order valence-corrected chi connectivity index (χ1v) is 11.1. The van der Waals surface area contributed by atoms with Gasteiger partial charge in [-0.3, -0.25) is 9.36 Å². The summed E-state index contributed by atoms with van der Waals surface area (Å²) in [4.78, 5) is 13.7. The van der Waals surface area contributed by atoms with Gasteiger partial charge in [0.15, 0.2) is 0 Å². The third-order valence-electron chi connectivity index (χ3n) is 5.97. The van der Waals surface area contributed by atoms with Crippen LogP contribution in [0.3, 0.4) is 0 Å². The van der Waals surface area contributed by atoms with Crippen molar-refractivity contribution in [2.45, 2.75) is 37.8 Å². The largest absolute Gasteiger partial charge is 0.396 e. The molecular weight excluding hydrogens is 426 g/mol. The van der Waals surface area contributed by atoms with Crippen LogP contribution in [0.5, 0.6) is 0 Å². The quantitative estimate of drug-likeness (QED) is 0.411. The Labute approximate surface area is 189 Å². The monoisotopic (exact) mass is 447 g/mol. The van der Waals surface area contributed by atoms with Crippen LogP contribution in [0.25, 0.3) is 11.3 Å². The number of nitrogens with one attached hydrogen (secondary N) is 1. The molecule has 2 saturated carbocycles. The van der Waals surface area contributed by atoms with Crippen molar-refractivity contribution in [3.8, 4) is 11.3 Å². The minimum Gasteiger partial charge on any atom is -0.396 e. The molecule has 32 heavy (non-hydrogen) atoms. The van der Waals surface area contributed by atoms with E-state index in [-0.39, 0.29) is 0 Å². The van der Waals surface area contributed by atoms with Crippen molar-refractivity contribution < 1.29 is 0 Å². The zero-order valence-electron chi connectivity index (χ0n) is 17.3. The maximum atomic E-state index is 6.01. The molecule has 0 spiro atoms. The molecule has 0 aromatic carbocycles. The van der Waals surface area contributed by atoms with E-state index < -0.39 is 0 Å². The number of pyridine rings is 1. The molecule has 4 aromatic heterocycles. The van der Waals surface area contributed by atoms with E-state index in [1.165, 1.54) is 12.8 Å². The van der Waals surface area contributed by atoms with E-state index in [2.05, 4.69) is 25.5 Å². The van der Waals surface area contributed by atoms with Gasteiger partial charge in [0.2, 0.25) is 5.95 Å². The summed E-state index contributed by atoms with van der Waals surface area (Å²) in [5.74, 6) is 0.994. The van der Waals surface area contributed by atoms with Gasteiger partial charge in [0, 0.05) is 30.4 Å². The summed E-state index contributed by atoms with van der Waals surface area (Å²) in [6.45, 7) is 0. The molecule has 2 fully saturated rings. The highest BCUT2D eigenvalue weighted by molar-refractivity contribution is 6.29. The van der Waals surface area contributed by atoms with E-state index >= 15 is 0 Å². The number of hydrogen-bond donors (Lipinski definition) is 2. The third kappa shape index (κ3) is 3.91. The number of nitrogens with zero attached hydrogens (tertiary/aromatic N) is 7. The minimum absolute atomic E-state index is 0.356. The standard InChI is InChI=1S/C22H22ClN9/c23-20-4-1-13(7-25-20)21-15(5-14-6-19(14)32-11-16(24)9-27-32)8-26-22(30-21)29-17-10-28-31(12-17)18-2-3-18/h1,4,7-12,14,18-19H,2-3,5-6,24H2,(H,26,29,30). The number of anilines is 3. The molecule has 6 rings (SSSR count). The maximum Gasteiger partial charge on any atom is 0.227 e. The van der Waals surface area contributed by atoms with Crippen LogP contribution in [0.4, 0.5) is 17.3 Å². The Balaban J connectivity index is 1.27. The summed E-state index contributed by atoms with van der Waals surface area (Å²) >= 11 is 6.01. The predicted octanol–water partition coefficient (Wildman–Crippen LogP) is 4.05. The Morgan fingerprint density at radius 3 is 2.66 bits per heavy atom. The molecule has 4 aromatic rings. The van der Waals surface area contributed by atoms with Gasteiger partial charge in [-0.15, -0.1) is 0 Å². The molecule has 0 aliphatic heterocycles. The molecule has 2 atom stereocenters. The number of hydrogen-bond acceptors (Lipinski definition) is 7. The van der Waals surface area contributed by atoms with Gasteiger partial charge in [0.25, 0.3) is 0 Å². The van der Waals surface area contributed by atoms with E-state index in [0.717, 1.165) is 35.3 Å². The average Bonchev–Trinajstić information content (AvgIpc) is 3.70. The molecule has 4 heterocycles. The Morgan fingerprint density at radius 1 is 1.03 bits per heavy atom. The second kappa shape index (κ2) is 7.59. The molecule has 162 valence electrons. The third-order valence-corrected chi connectivity index (χ3v) is 6.20. The molecule has 2 aliphatic carbocycles. The topological polar surface area (TPSA) is 112 Å². The Kier molecular flexibility index (Phi) is 4.57. The minimum atomic E-state index is 0.356. The van der Waals surface area contributed by atoms with Gasteiger partial charge in [-0.05, 0) is 49.3 Å². The number of rotatable bonds is 7. The summed E-state index contributed by atoms with van der Waals surface area (Å²) in [6, 6.07) is 4.60. The lowest BCUT2D eigenvalue weighted by Gasteiger charge is -2.11. The normalized spacial score (nSPS) is 19.8. The van der Waals surface area contributed by atoms with E-state index in [0.29, 0.717) is 34.8 Å². The molecule has 2 aliphatic rings. The van der Waals surface area contributed by atoms with Crippen molar-refractivity contribution in [3.63, 3.8) is 0 Å². The van der Waals surface area contributed by atoms with Crippen molar-refractivity contribution in [3.05, 3.63) is 60.0 Å². The van der Waals surface area contributed by atoms with Crippen LogP contribution in [-0.4, -0.2) is 34.5 Å². The molecule has 10 heteroatoms. The van der Waals surface area contributed by atoms with Crippen LogP contribution in [0, 0.1) is 5.92 Å². The second-order valence-electron chi connectivity index (χ2n) is 8.52. The van der Waals surface area contributed by atoms with Gasteiger partial charge in [0.05, 0.1) is 41.5 Å². The van der Waals surface area contributed by atoms with Crippen molar-refractivity contribution >= 4 is 28.9 Å². The highest BCUT2D eigenvalue weighted by atomic mass is 35.5. The van der Waals surface area contributed by atoms with Crippen LogP contribution in [0.2, 0.25) is 5.15 Å². The zero-order valence-corrected chi connectivity index (χ0v) is 18.0. The van der Waals surface area contributed by atoms with Crippen molar-refractivity contribution in [1.82, 2.24) is 34.5 Å². The van der Waals surface area contributed by atoms with Crippen molar-refractivity contribution in [2.24, 2.45) is 5.92 Å². The highest BCUT2D eigenvalue weighted by Crippen LogP contribution is 2.46. The van der Waals surface area contributed by atoms with Gasteiger partial charge in [0.1, 0.15) is 5.15 Å². The number of halogens is 1. The van der Waals surface area contributed by atoms with Crippen LogP contribution < -0.4 is 11.1 Å². The fraction of sp³-hybridized carbons (Fsp3) is 0.318. The first-order valence-electron chi connectivity index (χ1n) is 10.7. The fourth-order valence-electron chi connectivity index (χ4n) is 4.04. The van der Waals surface area contributed by atoms with Gasteiger partial charge < -0.3 is 11.1 Å². The molecular formula is C22H22ClN9. The first-order chi connectivity index (χ1) is 15.6. The van der Waals surface area contributed by atoms with Gasteiger partial charge in [-0.25, -0.2) is 15.0 Å². The molecule has 0 saturated heterocycles.